The smallest absolute Gasteiger partial charge is 0.0966 e. The van der Waals surface area contributed by atoms with E-state index in [1.54, 1.807) is 0 Å². The molecule has 1 rings (SSSR count). The molecule has 0 spiro atoms. The summed E-state index contributed by atoms with van der Waals surface area (Å²) in [6.45, 7) is 5.42. The van der Waals surface area contributed by atoms with Gasteiger partial charge in [0.05, 0.1) is 12.4 Å². The van der Waals surface area contributed by atoms with E-state index in [0.29, 0.717) is 6.04 Å². The van der Waals surface area contributed by atoms with Gasteiger partial charge >= 0.3 is 0 Å². The quantitative estimate of drug-likeness (QED) is 0.628. The van der Waals surface area contributed by atoms with E-state index >= 15 is 0 Å². The van der Waals surface area contributed by atoms with Crippen LogP contribution in [0, 0.1) is 0 Å². The van der Waals surface area contributed by atoms with Crippen molar-refractivity contribution in [3.63, 3.8) is 0 Å². The molecule has 0 saturated heterocycles. The average Bonchev–Trinajstić information content (AvgIpc) is 2.51. The van der Waals surface area contributed by atoms with E-state index < -0.39 is 0 Å². The number of aliphatic imine (C=N–C) groups is 1. The number of hydrogen-bond acceptors (Lipinski definition) is 2. The molecule has 1 atom stereocenters. The van der Waals surface area contributed by atoms with Gasteiger partial charge in [-0.25, -0.2) is 0 Å². The molecule has 0 aromatic carbocycles. The Bertz CT molecular complexity index is 163. The molecule has 0 saturated carbocycles. The molecule has 76 valence electrons. The summed E-state index contributed by atoms with van der Waals surface area (Å²) in [6, 6.07) is 0.575. The highest BCUT2D eigenvalue weighted by molar-refractivity contribution is 5.83. The molecule has 0 aromatic heterocycles. The number of rotatable bonds is 6. The van der Waals surface area contributed by atoms with Crippen LogP contribution < -0.4 is 5.32 Å². The highest BCUT2D eigenvalue weighted by atomic mass is 15.1. The topological polar surface area (TPSA) is 24.4 Å². The molecule has 1 heterocycles. The summed E-state index contributed by atoms with van der Waals surface area (Å²) in [7, 11) is 0. The molecular weight excluding hydrogens is 160 g/mol. The van der Waals surface area contributed by atoms with E-state index in [-0.39, 0.29) is 0 Å². The van der Waals surface area contributed by atoms with Crippen molar-refractivity contribution in [2.75, 3.05) is 6.54 Å². The Morgan fingerprint density at radius 2 is 2.08 bits per heavy atom. The highest BCUT2D eigenvalue weighted by Crippen LogP contribution is 2.07. The van der Waals surface area contributed by atoms with Crippen molar-refractivity contribution in [3.8, 4) is 0 Å². The fourth-order valence-corrected chi connectivity index (χ4v) is 1.67. The number of unbranched alkanes of at least 4 members (excludes halogenated alkanes) is 4. The number of nitrogens with one attached hydrogen (secondary N) is 1. The van der Waals surface area contributed by atoms with E-state index in [1.165, 1.54) is 37.9 Å². The molecule has 1 aliphatic heterocycles. The van der Waals surface area contributed by atoms with Crippen molar-refractivity contribution in [1.82, 2.24) is 5.32 Å². The number of nitrogens with zero attached hydrogens (tertiary/aromatic N) is 1. The van der Waals surface area contributed by atoms with E-state index in [9.17, 15) is 0 Å². The first-order valence-electron chi connectivity index (χ1n) is 5.62. The maximum absolute atomic E-state index is 4.44. The highest BCUT2D eigenvalue weighted by Gasteiger charge is 2.10. The molecule has 0 aliphatic carbocycles. The Balaban J connectivity index is 1.94. The van der Waals surface area contributed by atoms with Gasteiger partial charge in [-0.05, 0) is 13.3 Å². The first-order valence-corrected chi connectivity index (χ1v) is 5.62. The van der Waals surface area contributed by atoms with Crippen LogP contribution in [0.1, 0.15) is 52.4 Å². The van der Waals surface area contributed by atoms with Gasteiger partial charge in [-0.15, -0.1) is 0 Å². The fraction of sp³-hybridized carbons (Fsp3) is 0.909. The molecule has 2 nitrogen and oxygen atoms in total. The molecule has 0 bridgehead atoms. The van der Waals surface area contributed by atoms with Crippen LogP contribution in [0.2, 0.25) is 0 Å². The predicted octanol–water partition coefficient (Wildman–Crippen LogP) is 2.74. The van der Waals surface area contributed by atoms with Gasteiger partial charge in [0, 0.05) is 12.5 Å². The molecule has 2 heteroatoms. The van der Waals surface area contributed by atoms with Crippen LogP contribution in [-0.4, -0.2) is 18.4 Å². The number of amidine groups is 1. The van der Waals surface area contributed by atoms with E-state index in [2.05, 4.69) is 24.2 Å². The van der Waals surface area contributed by atoms with Gasteiger partial charge in [0.2, 0.25) is 0 Å². The van der Waals surface area contributed by atoms with Gasteiger partial charge in [0.25, 0.3) is 0 Å². The third kappa shape index (κ3) is 4.30. The van der Waals surface area contributed by atoms with Crippen LogP contribution in [0.3, 0.4) is 0 Å². The minimum atomic E-state index is 0.575. The zero-order chi connectivity index (χ0) is 9.52. The maximum Gasteiger partial charge on any atom is 0.0966 e. The summed E-state index contributed by atoms with van der Waals surface area (Å²) in [5, 5.41) is 3.39. The normalized spacial score (nSPS) is 21.4. The lowest BCUT2D eigenvalue weighted by molar-refractivity contribution is 0.638. The Morgan fingerprint density at radius 1 is 1.31 bits per heavy atom. The lowest BCUT2D eigenvalue weighted by Gasteiger charge is -2.05. The molecule has 0 radical (unpaired) electrons. The SMILES string of the molecule is CCCCCCCC1=NCC(C)N1. The predicted molar refractivity (Wildman–Crippen MR) is 58.3 cm³/mol. The first-order chi connectivity index (χ1) is 6.33. The molecule has 0 aromatic rings. The standard InChI is InChI=1S/C11H22N2/c1-3-4-5-6-7-8-11-12-9-10(2)13-11/h10H,3-9H2,1-2H3,(H,12,13). The Hall–Kier alpha value is -0.530. The summed E-state index contributed by atoms with van der Waals surface area (Å²) in [5.74, 6) is 1.24. The second-order valence-corrected chi connectivity index (χ2v) is 4.00. The molecule has 1 aliphatic rings. The van der Waals surface area contributed by atoms with E-state index in [1.807, 2.05) is 0 Å². The van der Waals surface area contributed by atoms with Crippen molar-refractivity contribution >= 4 is 5.84 Å². The Kier molecular flexibility index (Phi) is 4.87. The number of hydrogen-bond donors (Lipinski definition) is 1. The van der Waals surface area contributed by atoms with Crippen molar-refractivity contribution in [3.05, 3.63) is 0 Å². The summed E-state index contributed by atoms with van der Waals surface area (Å²) >= 11 is 0. The van der Waals surface area contributed by atoms with Gasteiger partial charge in [0.1, 0.15) is 0 Å². The summed E-state index contributed by atoms with van der Waals surface area (Å²) in [4.78, 5) is 4.44. The molecule has 0 fully saturated rings. The van der Waals surface area contributed by atoms with Gasteiger partial charge in [-0.2, -0.15) is 0 Å². The van der Waals surface area contributed by atoms with Crippen LogP contribution in [-0.2, 0) is 0 Å². The van der Waals surface area contributed by atoms with E-state index in [4.69, 9.17) is 0 Å². The molecule has 0 amide bonds. The Labute approximate surface area is 81.8 Å². The zero-order valence-electron chi connectivity index (χ0n) is 8.97. The van der Waals surface area contributed by atoms with Crippen LogP contribution in [0.5, 0.6) is 0 Å². The third-order valence-corrected chi connectivity index (χ3v) is 2.49. The zero-order valence-corrected chi connectivity index (χ0v) is 8.97. The van der Waals surface area contributed by atoms with Gasteiger partial charge in [-0.3, -0.25) is 4.99 Å². The second kappa shape index (κ2) is 6.01. The van der Waals surface area contributed by atoms with Crippen LogP contribution >= 0.6 is 0 Å². The average molecular weight is 182 g/mol. The van der Waals surface area contributed by atoms with Gasteiger partial charge < -0.3 is 5.32 Å². The summed E-state index contributed by atoms with van der Waals surface area (Å²) < 4.78 is 0. The van der Waals surface area contributed by atoms with Crippen molar-refractivity contribution in [1.29, 1.82) is 0 Å². The van der Waals surface area contributed by atoms with Crippen LogP contribution in [0.4, 0.5) is 0 Å². The molecule has 1 N–H and O–H groups in total. The van der Waals surface area contributed by atoms with Crippen molar-refractivity contribution in [2.24, 2.45) is 4.99 Å². The van der Waals surface area contributed by atoms with Crippen LogP contribution in [0.25, 0.3) is 0 Å². The molecule has 1 unspecified atom stereocenters. The summed E-state index contributed by atoms with van der Waals surface area (Å²) in [5.41, 5.74) is 0. The molecule has 13 heavy (non-hydrogen) atoms. The van der Waals surface area contributed by atoms with E-state index in [0.717, 1.165) is 13.0 Å². The second-order valence-electron chi connectivity index (χ2n) is 4.00. The van der Waals surface area contributed by atoms with Crippen molar-refractivity contribution < 1.29 is 0 Å². The van der Waals surface area contributed by atoms with Crippen LogP contribution in [0.15, 0.2) is 4.99 Å². The minimum absolute atomic E-state index is 0.575. The monoisotopic (exact) mass is 182 g/mol. The summed E-state index contributed by atoms with van der Waals surface area (Å²) in [6.07, 6.45) is 7.93. The lowest BCUT2D eigenvalue weighted by Crippen LogP contribution is -2.26. The van der Waals surface area contributed by atoms with Crippen molar-refractivity contribution in [2.45, 2.75) is 58.4 Å². The largest absolute Gasteiger partial charge is 0.370 e. The molecular formula is C11H22N2. The first kappa shape index (κ1) is 10.6. The van der Waals surface area contributed by atoms with Gasteiger partial charge in [0.15, 0.2) is 0 Å². The maximum atomic E-state index is 4.44. The lowest BCUT2D eigenvalue weighted by atomic mass is 10.1. The third-order valence-electron chi connectivity index (χ3n) is 2.49. The minimum Gasteiger partial charge on any atom is -0.370 e. The Morgan fingerprint density at radius 3 is 2.69 bits per heavy atom. The fourth-order valence-electron chi connectivity index (χ4n) is 1.67. The van der Waals surface area contributed by atoms with Gasteiger partial charge in [-0.1, -0.05) is 32.6 Å².